The van der Waals surface area contributed by atoms with Gasteiger partial charge in [-0.3, -0.25) is 4.90 Å². The van der Waals surface area contributed by atoms with Gasteiger partial charge in [0, 0.05) is 18.7 Å². The average Bonchev–Trinajstić information content (AvgIpc) is 2.75. The van der Waals surface area contributed by atoms with Crippen LogP contribution in [0.4, 0.5) is 0 Å². The second-order valence-electron chi connectivity index (χ2n) is 4.87. The van der Waals surface area contributed by atoms with Crippen molar-refractivity contribution in [3.8, 4) is 11.4 Å². The molecule has 3 rings (SSSR count). The van der Waals surface area contributed by atoms with Gasteiger partial charge in [-0.15, -0.1) is 0 Å². The van der Waals surface area contributed by atoms with Crippen LogP contribution in [0.1, 0.15) is 12.3 Å². The predicted molar refractivity (Wildman–Crippen MR) is 77.5 cm³/mol. The summed E-state index contributed by atoms with van der Waals surface area (Å²) in [5, 5.41) is 8.04. The van der Waals surface area contributed by atoms with E-state index in [-0.39, 0.29) is 0 Å². The van der Waals surface area contributed by atoms with Crippen LogP contribution in [0.15, 0.2) is 28.8 Å². The second kappa shape index (κ2) is 6.35. The first-order valence-corrected chi connectivity index (χ1v) is 7.21. The minimum atomic E-state index is 0.554. The molecule has 0 saturated carbocycles. The van der Waals surface area contributed by atoms with Crippen LogP contribution in [-0.4, -0.2) is 41.2 Å². The number of benzene rings is 1. The summed E-state index contributed by atoms with van der Waals surface area (Å²) in [7, 11) is 0. The number of nitrogens with one attached hydrogen (secondary N) is 1. The lowest BCUT2D eigenvalue weighted by Crippen LogP contribution is -2.27. The Balaban J connectivity index is 1.72. The maximum atomic E-state index is 6.14. The predicted octanol–water partition coefficient (Wildman–Crippen LogP) is 2.19. The van der Waals surface area contributed by atoms with Crippen molar-refractivity contribution < 1.29 is 4.52 Å². The van der Waals surface area contributed by atoms with E-state index in [0.717, 1.165) is 38.2 Å². The molecule has 5 nitrogen and oxygen atoms in total. The molecular weight excluding hydrogens is 276 g/mol. The second-order valence-corrected chi connectivity index (χ2v) is 5.28. The highest BCUT2D eigenvalue weighted by molar-refractivity contribution is 6.33. The van der Waals surface area contributed by atoms with Crippen molar-refractivity contribution in [2.45, 2.75) is 13.0 Å². The van der Waals surface area contributed by atoms with E-state index >= 15 is 0 Å². The minimum Gasteiger partial charge on any atom is -0.338 e. The minimum absolute atomic E-state index is 0.554. The van der Waals surface area contributed by atoms with Gasteiger partial charge in [-0.2, -0.15) is 4.98 Å². The molecule has 20 heavy (non-hydrogen) atoms. The summed E-state index contributed by atoms with van der Waals surface area (Å²) >= 11 is 6.14. The molecule has 0 atom stereocenters. The van der Waals surface area contributed by atoms with Crippen molar-refractivity contribution >= 4 is 11.6 Å². The van der Waals surface area contributed by atoms with E-state index in [0.29, 0.717) is 23.3 Å². The van der Waals surface area contributed by atoms with E-state index in [1.165, 1.54) is 0 Å². The summed E-state index contributed by atoms with van der Waals surface area (Å²) in [6.07, 6.45) is 1.14. The van der Waals surface area contributed by atoms with E-state index in [1.807, 2.05) is 24.3 Å². The molecule has 0 aliphatic carbocycles. The van der Waals surface area contributed by atoms with E-state index in [2.05, 4.69) is 20.4 Å². The number of halogens is 1. The van der Waals surface area contributed by atoms with Gasteiger partial charge >= 0.3 is 0 Å². The highest BCUT2D eigenvalue weighted by Crippen LogP contribution is 2.25. The maximum Gasteiger partial charge on any atom is 0.241 e. The molecule has 6 heteroatoms. The number of nitrogens with zero attached hydrogens (tertiary/aromatic N) is 3. The van der Waals surface area contributed by atoms with Gasteiger partial charge in [0.05, 0.1) is 11.6 Å². The zero-order valence-electron chi connectivity index (χ0n) is 11.2. The molecule has 0 unspecified atom stereocenters. The van der Waals surface area contributed by atoms with E-state index in [4.69, 9.17) is 16.1 Å². The Morgan fingerprint density at radius 2 is 2.15 bits per heavy atom. The summed E-state index contributed by atoms with van der Waals surface area (Å²) in [5.41, 5.74) is 0.807. The average molecular weight is 293 g/mol. The summed E-state index contributed by atoms with van der Waals surface area (Å²) in [4.78, 5) is 6.77. The molecule has 1 aliphatic rings. The Bertz CT molecular complexity index is 564. The van der Waals surface area contributed by atoms with Gasteiger partial charge in [0.15, 0.2) is 0 Å². The molecule has 2 heterocycles. The van der Waals surface area contributed by atoms with Gasteiger partial charge in [0.1, 0.15) is 0 Å². The van der Waals surface area contributed by atoms with Gasteiger partial charge in [0.2, 0.25) is 11.7 Å². The molecule has 106 valence electrons. The van der Waals surface area contributed by atoms with Crippen molar-refractivity contribution in [3.05, 3.63) is 35.2 Å². The maximum absolute atomic E-state index is 6.14. The first kappa shape index (κ1) is 13.5. The number of aromatic nitrogens is 2. The van der Waals surface area contributed by atoms with E-state index < -0.39 is 0 Å². The topological polar surface area (TPSA) is 54.2 Å². The SMILES string of the molecule is Clc1ccccc1-c1noc(CN2CCCNCC2)n1. The molecule has 2 aromatic rings. The normalized spacial score (nSPS) is 17.1. The molecule has 0 amide bonds. The third kappa shape index (κ3) is 3.17. The van der Waals surface area contributed by atoms with Crippen molar-refractivity contribution in [2.75, 3.05) is 26.2 Å². The molecule has 0 bridgehead atoms. The Morgan fingerprint density at radius 3 is 3.05 bits per heavy atom. The van der Waals surface area contributed by atoms with Gasteiger partial charge in [-0.05, 0) is 31.6 Å². The van der Waals surface area contributed by atoms with Crippen LogP contribution in [0.5, 0.6) is 0 Å². The third-order valence-electron chi connectivity index (χ3n) is 3.37. The summed E-state index contributed by atoms with van der Waals surface area (Å²) in [6.45, 7) is 4.83. The molecule has 1 aromatic heterocycles. The van der Waals surface area contributed by atoms with Crippen LogP contribution in [0.25, 0.3) is 11.4 Å². The van der Waals surface area contributed by atoms with Crippen LogP contribution >= 0.6 is 11.6 Å². The van der Waals surface area contributed by atoms with Gasteiger partial charge < -0.3 is 9.84 Å². The van der Waals surface area contributed by atoms with Crippen LogP contribution < -0.4 is 5.32 Å². The molecule has 1 aromatic carbocycles. The largest absolute Gasteiger partial charge is 0.338 e. The number of rotatable bonds is 3. The lowest BCUT2D eigenvalue weighted by atomic mass is 10.2. The molecule has 1 fully saturated rings. The fourth-order valence-corrected chi connectivity index (χ4v) is 2.54. The Labute approximate surface area is 122 Å². The fraction of sp³-hybridized carbons (Fsp3) is 0.429. The quantitative estimate of drug-likeness (QED) is 0.940. The number of hydrogen-bond acceptors (Lipinski definition) is 5. The van der Waals surface area contributed by atoms with Crippen molar-refractivity contribution in [3.63, 3.8) is 0 Å². The zero-order chi connectivity index (χ0) is 13.8. The van der Waals surface area contributed by atoms with E-state index in [9.17, 15) is 0 Å². The van der Waals surface area contributed by atoms with Gasteiger partial charge in [-0.1, -0.05) is 28.9 Å². The van der Waals surface area contributed by atoms with Crippen LogP contribution in [-0.2, 0) is 6.54 Å². The monoisotopic (exact) mass is 292 g/mol. The van der Waals surface area contributed by atoms with Gasteiger partial charge in [0.25, 0.3) is 0 Å². The first-order valence-electron chi connectivity index (χ1n) is 6.83. The van der Waals surface area contributed by atoms with Crippen molar-refractivity contribution in [1.29, 1.82) is 0 Å². The highest BCUT2D eigenvalue weighted by Gasteiger charge is 2.15. The highest BCUT2D eigenvalue weighted by atomic mass is 35.5. The molecule has 1 N–H and O–H groups in total. The first-order chi connectivity index (χ1) is 9.83. The summed E-state index contributed by atoms with van der Waals surface area (Å²) in [5.74, 6) is 1.19. The molecular formula is C14H17ClN4O. The van der Waals surface area contributed by atoms with Gasteiger partial charge in [-0.25, -0.2) is 0 Å². The molecule has 1 aliphatic heterocycles. The molecule has 0 radical (unpaired) electrons. The van der Waals surface area contributed by atoms with E-state index in [1.54, 1.807) is 0 Å². The zero-order valence-corrected chi connectivity index (χ0v) is 11.9. The summed E-state index contributed by atoms with van der Waals surface area (Å²) < 4.78 is 5.34. The van der Waals surface area contributed by atoms with Crippen LogP contribution in [0.3, 0.4) is 0 Å². The number of hydrogen-bond donors (Lipinski definition) is 1. The lowest BCUT2D eigenvalue weighted by molar-refractivity contribution is 0.239. The van der Waals surface area contributed by atoms with Crippen molar-refractivity contribution in [1.82, 2.24) is 20.4 Å². The molecule has 1 saturated heterocycles. The molecule has 0 spiro atoms. The van der Waals surface area contributed by atoms with Crippen molar-refractivity contribution in [2.24, 2.45) is 0 Å². The smallest absolute Gasteiger partial charge is 0.241 e. The standard InChI is InChI=1S/C14H17ClN4O/c15-12-5-2-1-4-11(12)14-17-13(20-18-14)10-19-8-3-6-16-7-9-19/h1-2,4-5,16H,3,6-10H2. The Hall–Kier alpha value is -1.43. The fourth-order valence-electron chi connectivity index (χ4n) is 2.32. The Kier molecular flexibility index (Phi) is 4.30. The lowest BCUT2D eigenvalue weighted by Gasteiger charge is -2.16. The van der Waals surface area contributed by atoms with Crippen LogP contribution in [0, 0.1) is 0 Å². The third-order valence-corrected chi connectivity index (χ3v) is 3.70. The van der Waals surface area contributed by atoms with Crippen LogP contribution in [0.2, 0.25) is 5.02 Å². The summed E-state index contributed by atoms with van der Waals surface area (Å²) in [6, 6.07) is 7.52. The Morgan fingerprint density at radius 1 is 1.25 bits per heavy atom.